The van der Waals surface area contributed by atoms with Crippen molar-refractivity contribution < 1.29 is 19.4 Å². The molecule has 0 saturated heterocycles. The van der Waals surface area contributed by atoms with Gasteiger partial charge in [-0.3, -0.25) is 9.36 Å². The number of hydrogen-bond acceptors (Lipinski definition) is 4. The molecule has 22 heavy (non-hydrogen) atoms. The number of aliphatic carboxylic acids is 1. The van der Waals surface area contributed by atoms with Crippen LogP contribution in [0.1, 0.15) is 26.3 Å². The molecule has 1 atom stereocenters. The Morgan fingerprint density at radius 2 is 2.00 bits per heavy atom. The van der Waals surface area contributed by atoms with Crippen LogP contribution in [0.4, 0.5) is 4.79 Å². The van der Waals surface area contributed by atoms with Crippen molar-refractivity contribution >= 4 is 23.0 Å². The van der Waals surface area contributed by atoms with Crippen LogP contribution in [0.3, 0.4) is 0 Å². The minimum atomic E-state index is -1.05. The predicted molar refractivity (Wildman–Crippen MR) is 82.9 cm³/mol. The third-order valence-electron chi connectivity index (χ3n) is 3.12. The van der Waals surface area contributed by atoms with Crippen molar-refractivity contribution in [1.82, 2.24) is 4.57 Å². The summed E-state index contributed by atoms with van der Waals surface area (Å²) in [6, 6.07) is 6.25. The quantitative estimate of drug-likeness (QED) is 0.907. The van der Waals surface area contributed by atoms with E-state index in [9.17, 15) is 9.59 Å². The van der Waals surface area contributed by atoms with Crippen LogP contribution in [0.25, 0.3) is 10.9 Å². The van der Waals surface area contributed by atoms with Crippen LogP contribution in [0, 0.1) is 0 Å². The summed E-state index contributed by atoms with van der Waals surface area (Å²) in [7, 11) is 0. The molecular formula is C16H20N2O4. The molecule has 0 unspecified atom stereocenters. The fourth-order valence-corrected chi connectivity index (χ4v) is 2.11. The molecule has 0 aliphatic heterocycles. The fourth-order valence-electron chi connectivity index (χ4n) is 2.11. The van der Waals surface area contributed by atoms with Gasteiger partial charge < -0.3 is 15.6 Å². The predicted octanol–water partition coefficient (Wildman–Crippen LogP) is 2.38. The molecule has 0 fully saturated rings. The van der Waals surface area contributed by atoms with Gasteiger partial charge in [-0.25, -0.2) is 4.79 Å². The van der Waals surface area contributed by atoms with E-state index in [1.807, 2.05) is 12.1 Å². The lowest BCUT2D eigenvalue weighted by atomic mass is 10.1. The molecule has 0 bridgehead atoms. The second-order valence-electron chi connectivity index (χ2n) is 6.21. The van der Waals surface area contributed by atoms with Crippen molar-refractivity contribution in [1.29, 1.82) is 0 Å². The number of carbonyl (C=O) groups excluding carboxylic acids is 1. The molecule has 0 amide bonds. The Morgan fingerprint density at radius 1 is 1.32 bits per heavy atom. The summed E-state index contributed by atoms with van der Waals surface area (Å²) < 4.78 is 6.77. The van der Waals surface area contributed by atoms with Crippen molar-refractivity contribution in [3.8, 4) is 0 Å². The van der Waals surface area contributed by atoms with E-state index >= 15 is 0 Å². The number of rotatable bonds is 3. The molecule has 0 radical (unpaired) electrons. The van der Waals surface area contributed by atoms with Gasteiger partial charge in [0.2, 0.25) is 0 Å². The largest absolute Gasteiger partial charge is 0.480 e. The third kappa shape index (κ3) is 3.65. The van der Waals surface area contributed by atoms with E-state index in [2.05, 4.69) is 0 Å². The van der Waals surface area contributed by atoms with Gasteiger partial charge in [0, 0.05) is 11.6 Å². The van der Waals surface area contributed by atoms with Gasteiger partial charge in [-0.2, -0.15) is 0 Å². The highest BCUT2D eigenvalue weighted by molar-refractivity contribution is 5.90. The number of carboxylic acids is 1. The Hall–Kier alpha value is -2.34. The van der Waals surface area contributed by atoms with Crippen LogP contribution in [-0.2, 0) is 16.0 Å². The standard InChI is InChI=1S/C16H20N2O4/c1-16(2,3)22-15(21)18-7-6-11-5-4-10(9-13(11)18)8-12(17)14(19)20/h4-7,9,12H,8,17H2,1-3H3,(H,19,20)/t12-/m1/s1. The molecular weight excluding hydrogens is 284 g/mol. The Morgan fingerprint density at radius 3 is 2.59 bits per heavy atom. The number of hydrogen-bond donors (Lipinski definition) is 2. The van der Waals surface area contributed by atoms with Crippen LogP contribution in [-0.4, -0.2) is 33.4 Å². The molecule has 0 saturated carbocycles. The first kappa shape index (κ1) is 16.0. The Balaban J connectivity index is 2.33. The van der Waals surface area contributed by atoms with Gasteiger partial charge in [-0.1, -0.05) is 12.1 Å². The summed E-state index contributed by atoms with van der Waals surface area (Å²) in [6.07, 6.45) is 1.37. The number of nitrogens with zero attached hydrogens (tertiary/aromatic N) is 1. The summed E-state index contributed by atoms with van der Waals surface area (Å²) in [5, 5.41) is 9.76. The van der Waals surface area contributed by atoms with Crippen LogP contribution in [0.2, 0.25) is 0 Å². The van der Waals surface area contributed by atoms with Crippen molar-refractivity contribution in [3.63, 3.8) is 0 Å². The van der Waals surface area contributed by atoms with Gasteiger partial charge in [-0.05, 0) is 44.9 Å². The Kier molecular flexibility index (Phi) is 4.23. The topological polar surface area (TPSA) is 94.5 Å². The summed E-state index contributed by atoms with van der Waals surface area (Å²) in [5.74, 6) is -1.05. The molecule has 2 aromatic rings. The van der Waals surface area contributed by atoms with E-state index in [4.69, 9.17) is 15.6 Å². The Bertz CT molecular complexity index is 712. The molecule has 6 heteroatoms. The monoisotopic (exact) mass is 304 g/mol. The third-order valence-corrected chi connectivity index (χ3v) is 3.12. The van der Waals surface area contributed by atoms with Crippen molar-refractivity contribution in [3.05, 3.63) is 36.0 Å². The fraction of sp³-hybridized carbons (Fsp3) is 0.375. The van der Waals surface area contributed by atoms with Gasteiger partial charge in [0.05, 0.1) is 5.52 Å². The van der Waals surface area contributed by atoms with E-state index in [1.165, 1.54) is 4.57 Å². The lowest BCUT2D eigenvalue weighted by Crippen LogP contribution is -2.32. The van der Waals surface area contributed by atoms with Crippen LogP contribution in [0.15, 0.2) is 30.5 Å². The van der Waals surface area contributed by atoms with E-state index in [0.29, 0.717) is 5.52 Å². The number of carbonyl (C=O) groups is 2. The summed E-state index contributed by atoms with van der Waals surface area (Å²) in [5.41, 5.74) is 6.39. The number of fused-ring (bicyclic) bond motifs is 1. The summed E-state index contributed by atoms with van der Waals surface area (Å²) >= 11 is 0. The van der Waals surface area contributed by atoms with Crippen LogP contribution in [0.5, 0.6) is 0 Å². The average Bonchev–Trinajstić information content (AvgIpc) is 2.79. The van der Waals surface area contributed by atoms with Gasteiger partial charge in [0.15, 0.2) is 0 Å². The van der Waals surface area contributed by atoms with Crippen molar-refractivity contribution in [2.45, 2.75) is 38.8 Å². The zero-order valence-corrected chi connectivity index (χ0v) is 12.9. The maximum Gasteiger partial charge on any atom is 0.418 e. The van der Waals surface area contributed by atoms with Gasteiger partial charge in [0.1, 0.15) is 11.6 Å². The number of carboxylic acid groups (broad SMARTS) is 1. The van der Waals surface area contributed by atoms with Crippen molar-refractivity contribution in [2.75, 3.05) is 0 Å². The highest BCUT2D eigenvalue weighted by atomic mass is 16.6. The lowest BCUT2D eigenvalue weighted by molar-refractivity contribution is -0.138. The smallest absolute Gasteiger partial charge is 0.418 e. The second-order valence-corrected chi connectivity index (χ2v) is 6.21. The zero-order chi connectivity index (χ0) is 16.5. The van der Waals surface area contributed by atoms with E-state index in [1.54, 1.807) is 39.1 Å². The zero-order valence-electron chi connectivity index (χ0n) is 12.9. The number of nitrogens with two attached hydrogens (primary N) is 1. The average molecular weight is 304 g/mol. The number of aromatic nitrogens is 1. The molecule has 1 heterocycles. The molecule has 3 N–H and O–H groups in total. The number of ether oxygens (including phenoxy) is 1. The minimum absolute atomic E-state index is 0.199. The van der Waals surface area contributed by atoms with Crippen LogP contribution >= 0.6 is 0 Å². The molecule has 1 aromatic carbocycles. The molecule has 0 spiro atoms. The van der Waals surface area contributed by atoms with Gasteiger partial charge in [0.25, 0.3) is 0 Å². The lowest BCUT2D eigenvalue weighted by Gasteiger charge is -2.19. The number of benzene rings is 1. The maximum atomic E-state index is 12.2. The summed E-state index contributed by atoms with van der Waals surface area (Å²) in [6.45, 7) is 5.40. The second kappa shape index (κ2) is 5.81. The van der Waals surface area contributed by atoms with E-state index in [-0.39, 0.29) is 6.42 Å². The first-order valence-electron chi connectivity index (χ1n) is 6.99. The normalized spacial score (nSPS) is 13.1. The first-order valence-corrected chi connectivity index (χ1v) is 6.99. The highest BCUT2D eigenvalue weighted by Crippen LogP contribution is 2.20. The Labute approximate surface area is 128 Å². The molecule has 0 aliphatic carbocycles. The first-order chi connectivity index (χ1) is 10.2. The molecule has 2 rings (SSSR count). The van der Waals surface area contributed by atoms with E-state index in [0.717, 1.165) is 10.9 Å². The highest BCUT2D eigenvalue weighted by Gasteiger charge is 2.19. The summed E-state index contributed by atoms with van der Waals surface area (Å²) in [4.78, 5) is 23.0. The molecule has 6 nitrogen and oxygen atoms in total. The van der Waals surface area contributed by atoms with E-state index < -0.39 is 23.7 Å². The maximum absolute atomic E-state index is 12.2. The van der Waals surface area contributed by atoms with Gasteiger partial charge >= 0.3 is 12.1 Å². The molecule has 118 valence electrons. The van der Waals surface area contributed by atoms with Crippen LogP contribution < -0.4 is 5.73 Å². The molecule has 0 aliphatic rings. The SMILES string of the molecule is CC(C)(C)OC(=O)n1ccc2ccc(C[C@@H](N)C(=O)O)cc21. The molecule has 1 aromatic heterocycles. The minimum Gasteiger partial charge on any atom is -0.480 e. The van der Waals surface area contributed by atoms with Gasteiger partial charge in [-0.15, -0.1) is 0 Å². The van der Waals surface area contributed by atoms with Crippen molar-refractivity contribution in [2.24, 2.45) is 5.73 Å².